The topological polar surface area (TPSA) is 17.3 Å². The fourth-order valence-corrected chi connectivity index (χ4v) is 2.27. The SMILES string of the molecule is Clc1nc2sccn2c1C=CCBr. The Labute approximate surface area is 93.0 Å². The molecule has 13 heavy (non-hydrogen) atoms. The van der Waals surface area contributed by atoms with E-state index in [-0.39, 0.29) is 0 Å². The summed E-state index contributed by atoms with van der Waals surface area (Å²) in [5.74, 6) is 0. The number of alkyl halides is 1. The van der Waals surface area contributed by atoms with Gasteiger partial charge in [-0.05, 0) is 6.08 Å². The van der Waals surface area contributed by atoms with Gasteiger partial charge >= 0.3 is 0 Å². The van der Waals surface area contributed by atoms with E-state index in [9.17, 15) is 0 Å². The molecule has 5 heteroatoms. The number of imidazole rings is 1. The smallest absolute Gasteiger partial charge is 0.195 e. The minimum absolute atomic E-state index is 0.559. The number of rotatable bonds is 2. The fraction of sp³-hybridized carbons (Fsp3) is 0.125. The van der Waals surface area contributed by atoms with Crippen LogP contribution in [0.2, 0.25) is 5.15 Å². The van der Waals surface area contributed by atoms with Gasteiger partial charge in [0.25, 0.3) is 0 Å². The minimum Gasteiger partial charge on any atom is -0.289 e. The Hall–Kier alpha value is -0.320. The van der Waals surface area contributed by atoms with Gasteiger partial charge in [-0.15, -0.1) is 11.3 Å². The summed E-state index contributed by atoms with van der Waals surface area (Å²) in [4.78, 5) is 5.14. The van der Waals surface area contributed by atoms with E-state index < -0.39 is 0 Å². The molecular weight excluding hydrogens is 272 g/mol. The molecule has 0 aliphatic carbocycles. The summed E-state index contributed by atoms with van der Waals surface area (Å²) >= 11 is 10.8. The predicted octanol–water partition coefficient (Wildman–Crippen LogP) is 3.46. The van der Waals surface area contributed by atoms with Crippen molar-refractivity contribution in [1.82, 2.24) is 9.38 Å². The maximum absolute atomic E-state index is 5.95. The lowest BCUT2D eigenvalue weighted by Crippen LogP contribution is -1.80. The summed E-state index contributed by atoms with van der Waals surface area (Å²) in [5, 5.41) is 3.37. The molecule has 0 aromatic carbocycles. The Kier molecular flexibility index (Phi) is 2.71. The van der Waals surface area contributed by atoms with Crippen LogP contribution in [0, 0.1) is 0 Å². The van der Waals surface area contributed by atoms with E-state index >= 15 is 0 Å². The van der Waals surface area contributed by atoms with Crippen molar-refractivity contribution in [2.45, 2.75) is 0 Å². The average Bonchev–Trinajstić information content (AvgIpc) is 2.62. The monoisotopic (exact) mass is 276 g/mol. The number of allylic oxidation sites excluding steroid dienone is 1. The normalized spacial score (nSPS) is 11.8. The highest BCUT2D eigenvalue weighted by atomic mass is 79.9. The van der Waals surface area contributed by atoms with Crippen molar-refractivity contribution in [3.05, 3.63) is 28.5 Å². The maximum Gasteiger partial charge on any atom is 0.195 e. The van der Waals surface area contributed by atoms with E-state index in [0.717, 1.165) is 16.0 Å². The van der Waals surface area contributed by atoms with Crippen molar-refractivity contribution in [3.63, 3.8) is 0 Å². The molecule has 0 atom stereocenters. The Morgan fingerprint density at radius 3 is 3.31 bits per heavy atom. The molecule has 0 saturated heterocycles. The van der Waals surface area contributed by atoms with Crippen LogP contribution in [-0.2, 0) is 0 Å². The lowest BCUT2D eigenvalue weighted by Gasteiger charge is -1.89. The minimum atomic E-state index is 0.559. The van der Waals surface area contributed by atoms with Crippen molar-refractivity contribution in [2.75, 3.05) is 5.33 Å². The molecular formula is C8H6BrClN2S. The molecule has 0 saturated carbocycles. The summed E-state index contributed by atoms with van der Waals surface area (Å²) in [5.41, 5.74) is 0.942. The molecule has 2 rings (SSSR count). The zero-order valence-corrected chi connectivity index (χ0v) is 9.73. The number of halogens is 2. The van der Waals surface area contributed by atoms with Gasteiger partial charge in [0.05, 0.1) is 5.69 Å². The van der Waals surface area contributed by atoms with Crippen LogP contribution in [0.15, 0.2) is 17.7 Å². The third-order valence-corrected chi connectivity index (χ3v) is 3.03. The van der Waals surface area contributed by atoms with Crippen LogP contribution >= 0.6 is 38.9 Å². The lowest BCUT2D eigenvalue weighted by atomic mass is 10.4. The Morgan fingerprint density at radius 2 is 2.54 bits per heavy atom. The second-order valence-corrected chi connectivity index (χ2v) is 4.28. The molecule has 0 unspecified atom stereocenters. The van der Waals surface area contributed by atoms with Crippen LogP contribution in [0.4, 0.5) is 0 Å². The Bertz CT molecular complexity index is 446. The third kappa shape index (κ3) is 1.66. The fourth-order valence-electron chi connectivity index (χ4n) is 1.08. The van der Waals surface area contributed by atoms with Crippen molar-refractivity contribution in [2.24, 2.45) is 0 Å². The lowest BCUT2D eigenvalue weighted by molar-refractivity contribution is 1.21. The summed E-state index contributed by atoms with van der Waals surface area (Å²) in [6, 6.07) is 0. The van der Waals surface area contributed by atoms with Crippen molar-refractivity contribution in [1.29, 1.82) is 0 Å². The van der Waals surface area contributed by atoms with Crippen LogP contribution in [0.3, 0.4) is 0 Å². The van der Waals surface area contributed by atoms with Crippen molar-refractivity contribution < 1.29 is 0 Å². The molecule has 2 aromatic rings. The number of fused-ring (bicyclic) bond motifs is 1. The number of thiazole rings is 1. The molecule has 0 aliphatic heterocycles. The van der Waals surface area contributed by atoms with Gasteiger partial charge < -0.3 is 0 Å². The van der Waals surface area contributed by atoms with Gasteiger partial charge in [-0.1, -0.05) is 33.6 Å². The maximum atomic E-state index is 5.95. The van der Waals surface area contributed by atoms with Crippen LogP contribution in [0.1, 0.15) is 5.69 Å². The second-order valence-electron chi connectivity index (χ2n) is 2.40. The molecule has 0 radical (unpaired) electrons. The van der Waals surface area contributed by atoms with Crippen LogP contribution in [0.25, 0.3) is 11.0 Å². The highest BCUT2D eigenvalue weighted by Gasteiger charge is 2.07. The zero-order valence-electron chi connectivity index (χ0n) is 6.58. The largest absolute Gasteiger partial charge is 0.289 e. The second kappa shape index (κ2) is 3.82. The van der Waals surface area contributed by atoms with E-state index in [1.54, 1.807) is 11.3 Å². The summed E-state index contributed by atoms with van der Waals surface area (Å²) in [7, 11) is 0. The van der Waals surface area contributed by atoms with E-state index in [1.807, 2.05) is 28.1 Å². The summed E-state index contributed by atoms with van der Waals surface area (Å²) < 4.78 is 1.98. The van der Waals surface area contributed by atoms with Crippen molar-refractivity contribution in [3.8, 4) is 0 Å². The summed E-state index contributed by atoms with van der Waals surface area (Å²) in [6.07, 6.45) is 5.92. The highest BCUT2D eigenvalue weighted by Crippen LogP contribution is 2.22. The first-order valence-electron chi connectivity index (χ1n) is 3.66. The molecule has 0 N–H and O–H groups in total. The Morgan fingerprint density at radius 1 is 1.69 bits per heavy atom. The van der Waals surface area contributed by atoms with Crippen LogP contribution in [-0.4, -0.2) is 14.7 Å². The highest BCUT2D eigenvalue weighted by molar-refractivity contribution is 9.09. The molecule has 0 spiro atoms. The quantitative estimate of drug-likeness (QED) is 0.769. The molecule has 0 fully saturated rings. The summed E-state index contributed by atoms with van der Waals surface area (Å²) in [6.45, 7) is 0. The first-order chi connectivity index (χ1) is 6.33. The zero-order chi connectivity index (χ0) is 9.26. The predicted molar refractivity (Wildman–Crippen MR) is 60.9 cm³/mol. The molecule has 0 bridgehead atoms. The molecule has 0 aliphatic rings. The molecule has 2 nitrogen and oxygen atoms in total. The van der Waals surface area contributed by atoms with E-state index in [0.29, 0.717) is 5.15 Å². The van der Waals surface area contributed by atoms with Gasteiger partial charge in [0.15, 0.2) is 10.1 Å². The van der Waals surface area contributed by atoms with Crippen molar-refractivity contribution >= 4 is 49.9 Å². The van der Waals surface area contributed by atoms with Gasteiger partial charge in [-0.3, -0.25) is 4.40 Å². The van der Waals surface area contributed by atoms with Crippen LogP contribution in [0.5, 0.6) is 0 Å². The number of aromatic nitrogens is 2. The van der Waals surface area contributed by atoms with E-state index in [1.165, 1.54) is 0 Å². The first kappa shape index (κ1) is 9.24. The molecule has 68 valence electrons. The van der Waals surface area contributed by atoms with Gasteiger partial charge in [-0.25, -0.2) is 4.98 Å². The number of nitrogens with zero attached hydrogens (tertiary/aromatic N) is 2. The standard InChI is InChI=1S/C8H6BrClN2S/c9-3-1-2-6-7(10)11-8-12(6)4-5-13-8/h1-2,4-5H,3H2. The van der Waals surface area contributed by atoms with Gasteiger partial charge in [0, 0.05) is 16.9 Å². The van der Waals surface area contributed by atoms with Crippen LogP contribution < -0.4 is 0 Å². The van der Waals surface area contributed by atoms with Gasteiger partial charge in [0.2, 0.25) is 0 Å². The van der Waals surface area contributed by atoms with E-state index in [2.05, 4.69) is 20.9 Å². The number of hydrogen-bond donors (Lipinski definition) is 0. The van der Waals surface area contributed by atoms with E-state index in [4.69, 9.17) is 11.6 Å². The number of hydrogen-bond acceptors (Lipinski definition) is 2. The van der Waals surface area contributed by atoms with Gasteiger partial charge in [-0.2, -0.15) is 0 Å². The third-order valence-electron chi connectivity index (χ3n) is 1.62. The van der Waals surface area contributed by atoms with Gasteiger partial charge in [0.1, 0.15) is 0 Å². The Balaban J connectivity index is 2.57. The molecule has 2 heterocycles. The molecule has 2 aromatic heterocycles. The average molecular weight is 278 g/mol. The molecule has 0 amide bonds. The first-order valence-corrected chi connectivity index (χ1v) is 6.04.